The summed E-state index contributed by atoms with van der Waals surface area (Å²) in [5, 5.41) is 3.73. The Morgan fingerprint density at radius 3 is 2.71 bits per heavy atom. The number of hydrogen-bond acceptors (Lipinski definition) is 3. The van der Waals surface area contributed by atoms with Crippen LogP contribution in [-0.2, 0) is 14.9 Å². The number of carbonyl (C=O) groups excluding carboxylic acids is 1. The van der Waals surface area contributed by atoms with E-state index in [-0.39, 0.29) is 5.24 Å². The summed E-state index contributed by atoms with van der Waals surface area (Å²) in [5.74, 6) is 0. The number of thiophene rings is 1. The van der Waals surface area contributed by atoms with Crippen LogP contribution in [0.5, 0.6) is 0 Å². The predicted molar refractivity (Wildman–Crippen MR) is 56.9 cm³/mol. The molecule has 14 heavy (non-hydrogen) atoms. The van der Waals surface area contributed by atoms with Crippen molar-refractivity contribution in [3.05, 3.63) is 22.4 Å². The van der Waals surface area contributed by atoms with Crippen LogP contribution in [0.15, 0.2) is 16.8 Å². The maximum Gasteiger partial charge on any atom is 0.232 e. The molecule has 1 aromatic heterocycles. The summed E-state index contributed by atoms with van der Waals surface area (Å²) in [6.45, 7) is 1.24. The summed E-state index contributed by atoms with van der Waals surface area (Å²) >= 11 is 7.31. The van der Waals surface area contributed by atoms with Crippen LogP contribution in [0.2, 0.25) is 0 Å². The van der Waals surface area contributed by atoms with Crippen LogP contribution in [-0.4, -0.2) is 18.5 Å². The van der Waals surface area contributed by atoms with Gasteiger partial charge < -0.3 is 4.74 Å². The van der Waals surface area contributed by atoms with Gasteiger partial charge in [-0.2, -0.15) is 11.3 Å². The normalized spacial score (nSPS) is 20.6. The Hall–Kier alpha value is -0.380. The molecule has 4 heteroatoms. The maximum absolute atomic E-state index is 11.5. The van der Waals surface area contributed by atoms with Gasteiger partial charge in [0.25, 0.3) is 0 Å². The molecule has 2 nitrogen and oxygen atoms in total. The Labute approximate surface area is 91.8 Å². The number of ether oxygens (including phenoxy) is 1. The topological polar surface area (TPSA) is 26.3 Å². The van der Waals surface area contributed by atoms with Crippen molar-refractivity contribution in [3.8, 4) is 0 Å². The van der Waals surface area contributed by atoms with E-state index in [2.05, 4.69) is 0 Å². The van der Waals surface area contributed by atoms with Crippen molar-refractivity contribution in [2.75, 3.05) is 13.2 Å². The zero-order valence-corrected chi connectivity index (χ0v) is 9.24. The molecular formula is C10H11ClO2S. The molecule has 76 valence electrons. The first kappa shape index (κ1) is 10.1. The van der Waals surface area contributed by atoms with E-state index >= 15 is 0 Å². The van der Waals surface area contributed by atoms with Crippen LogP contribution < -0.4 is 0 Å². The van der Waals surface area contributed by atoms with Crippen LogP contribution in [0.4, 0.5) is 0 Å². The highest BCUT2D eigenvalue weighted by Crippen LogP contribution is 2.37. The highest BCUT2D eigenvalue weighted by atomic mass is 35.5. The lowest BCUT2D eigenvalue weighted by atomic mass is 9.76. The number of hydrogen-bond donors (Lipinski definition) is 0. The Bertz CT molecular complexity index is 315. The van der Waals surface area contributed by atoms with Gasteiger partial charge in [-0.05, 0) is 46.8 Å². The van der Waals surface area contributed by atoms with Gasteiger partial charge >= 0.3 is 0 Å². The third kappa shape index (κ3) is 1.60. The summed E-state index contributed by atoms with van der Waals surface area (Å²) in [6.07, 6.45) is 1.40. The van der Waals surface area contributed by atoms with Crippen molar-refractivity contribution < 1.29 is 9.53 Å². The van der Waals surface area contributed by atoms with Gasteiger partial charge in [0.05, 0.1) is 5.41 Å². The summed E-state index contributed by atoms with van der Waals surface area (Å²) in [6, 6.07) is 1.98. The number of halogens is 1. The fraction of sp³-hybridized carbons (Fsp3) is 0.500. The lowest BCUT2D eigenvalue weighted by Crippen LogP contribution is -2.38. The molecular weight excluding hydrogens is 220 g/mol. The van der Waals surface area contributed by atoms with E-state index < -0.39 is 5.41 Å². The van der Waals surface area contributed by atoms with Crippen molar-refractivity contribution in [2.45, 2.75) is 18.3 Å². The van der Waals surface area contributed by atoms with E-state index in [9.17, 15) is 4.79 Å². The fourth-order valence-corrected chi connectivity index (χ4v) is 2.91. The Kier molecular flexibility index (Phi) is 2.91. The van der Waals surface area contributed by atoms with Crippen molar-refractivity contribution in [2.24, 2.45) is 0 Å². The molecule has 0 spiro atoms. The van der Waals surface area contributed by atoms with Gasteiger partial charge in [-0.3, -0.25) is 4.79 Å². The maximum atomic E-state index is 11.5. The van der Waals surface area contributed by atoms with Crippen molar-refractivity contribution in [3.63, 3.8) is 0 Å². The monoisotopic (exact) mass is 230 g/mol. The molecule has 0 amide bonds. The second-order valence-electron chi connectivity index (χ2n) is 3.48. The van der Waals surface area contributed by atoms with Gasteiger partial charge in [-0.25, -0.2) is 0 Å². The van der Waals surface area contributed by atoms with Gasteiger partial charge in [0, 0.05) is 13.2 Å². The van der Waals surface area contributed by atoms with Gasteiger partial charge in [0.2, 0.25) is 5.24 Å². The first-order chi connectivity index (χ1) is 6.76. The molecule has 2 rings (SSSR count). The molecule has 0 aliphatic carbocycles. The Morgan fingerprint density at radius 2 is 2.21 bits per heavy atom. The Balaban J connectivity index is 2.35. The highest BCUT2D eigenvalue weighted by Gasteiger charge is 2.40. The van der Waals surface area contributed by atoms with Gasteiger partial charge in [-0.15, -0.1) is 0 Å². The van der Waals surface area contributed by atoms with Gasteiger partial charge in [0.15, 0.2) is 0 Å². The average Bonchev–Trinajstić information content (AvgIpc) is 2.72. The first-order valence-electron chi connectivity index (χ1n) is 4.56. The molecule has 0 aromatic carbocycles. The highest BCUT2D eigenvalue weighted by molar-refractivity contribution is 7.08. The third-order valence-electron chi connectivity index (χ3n) is 2.80. The first-order valence-corrected chi connectivity index (χ1v) is 5.88. The molecule has 1 fully saturated rings. The molecule has 0 unspecified atom stereocenters. The van der Waals surface area contributed by atoms with Crippen LogP contribution >= 0.6 is 22.9 Å². The van der Waals surface area contributed by atoms with E-state index in [0.717, 1.165) is 5.56 Å². The largest absolute Gasteiger partial charge is 0.381 e. The minimum Gasteiger partial charge on any atom is -0.381 e. The van der Waals surface area contributed by atoms with Gasteiger partial charge in [-0.1, -0.05) is 0 Å². The van der Waals surface area contributed by atoms with E-state index in [1.807, 2.05) is 16.8 Å². The summed E-state index contributed by atoms with van der Waals surface area (Å²) in [5.41, 5.74) is 0.561. The number of rotatable bonds is 2. The van der Waals surface area contributed by atoms with Gasteiger partial charge in [0.1, 0.15) is 0 Å². The smallest absolute Gasteiger partial charge is 0.232 e. The minimum absolute atomic E-state index is 0.251. The average molecular weight is 231 g/mol. The SMILES string of the molecule is O=C(Cl)C1(c2ccsc2)CCOCC1. The van der Waals surface area contributed by atoms with Crippen LogP contribution in [0.3, 0.4) is 0 Å². The lowest BCUT2D eigenvalue weighted by Gasteiger charge is -2.33. The third-order valence-corrected chi connectivity index (χ3v) is 3.84. The second-order valence-corrected chi connectivity index (χ2v) is 4.60. The minimum atomic E-state index is -0.486. The molecule has 1 aromatic rings. The molecule has 0 radical (unpaired) electrons. The summed E-state index contributed by atoms with van der Waals surface area (Å²) in [7, 11) is 0. The molecule has 0 N–H and O–H groups in total. The van der Waals surface area contributed by atoms with E-state index in [1.54, 1.807) is 11.3 Å². The molecule has 0 bridgehead atoms. The van der Waals surface area contributed by atoms with Crippen molar-refractivity contribution in [1.82, 2.24) is 0 Å². The molecule has 0 saturated carbocycles. The summed E-state index contributed by atoms with van der Waals surface area (Å²) < 4.78 is 5.27. The fourth-order valence-electron chi connectivity index (χ4n) is 1.86. The van der Waals surface area contributed by atoms with Crippen LogP contribution in [0, 0.1) is 0 Å². The predicted octanol–water partition coefficient (Wildman–Crippen LogP) is 2.56. The standard InChI is InChI=1S/C10H11ClO2S/c11-9(12)10(2-4-13-5-3-10)8-1-6-14-7-8/h1,6-7H,2-5H2. The molecule has 1 aliphatic heterocycles. The van der Waals surface area contributed by atoms with E-state index in [1.165, 1.54) is 0 Å². The molecule has 2 heterocycles. The summed E-state index contributed by atoms with van der Waals surface area (Å²) in [4.78, 5) is 11.5. The number of carbonyl (C=O) groups is 1. The zero-order chi connectivity index (χ0) is 10.0. The lowest BCUT2D eigenvalue weighted by molar-refractivity contribution is -0.120. The quantitative estimate of drug-likeness (QED) is 0.730. The van der Waals surface area contributed by atoms with Crippen LogP contribution in [0.1, 0.15) is 18.4 Å². The Morgan fingerprint density at radius 1 is 1.50 bits per heavy atom. The van der Waals surface area contributed by atoms with E-state index in [0.29, 0.717) is 26.1 Å². The molecule has 1 aliphatic rings. The zero-order valence-electron chi connectivity index (χ0n) is 7.66. The van der Waals surface area contributed by atoms with Crippen molar-refractivity contribution >= 4 is 28.2 Å². The van der Waals surface area contributed by atoms with E-state index in [4.69, 9.17) is 16.3 Å². The molecule has 1 saturated heterocycles. The van der Waals surface area contributed by atoms with Crippen LogP contribution in [0.25, 0.3) is 0 Å². The molecule has 0 atom stereocenters. The second kappa shape index (κ2) is 4.01. The van der Waals surface area contributed by atoms with Crippen molar-refractivity contribution in [1.29, 1.82) is 0 Å².